The lowest BCUT2D eigenvalue weighted by Gasteiger charge is -2.32. The lowest BCUT2D eigenvalue weighted by atomic mass is 9.91. The Morgan fingerprint density at radius 1 is 1.25 bits per heavy atom. The van der Waals surface area contributed by atoms with Crippen molar-refractivity contribution in [2.45, 2.75) is 25.6 Å². The molecule has 0 aromatic heterocycles. The summed E-state index contributed by atoms with van der Waals surface area (Å²) in [7, 11) is 0. The molecule has 6 nitrogen and oxygen atoms in total. The van der Waals surface area contributed by atoms with Crippen LogP contribution in [0.3, 0.4) is 0 Å². The first-order valence-electron chi connectivity index (χ1n) is 9.41. The Labute approximate surface area is 165 Å². The molecule has 0 bridgehead atoms. The van der Waals surface area contributed by atoms with E-state index in [2.05, 4.69) is 17.4 Å². The first-order valence-corrected chi connectivity index (χ1v) is 9.41. The van der Waals surface area contributed by atoms with Gasteiger partial charge in [0.1, 0.15) is 18.4 Å². The lowest BCUT2D eigenvalue weighted by molar-refractivity contribution is -0.146. The van der Waals surface area contributed by atoms with E-state index in [0.717, 1.165) is 22.4 Å². The average Bonchev–Trinajstić information content (AvgIpc) is 2.73. The van der Waals surface area contributed by atoms with Crippen molar-refractivity contribution in [2.24, 2.45) is 0 Å². The Kier molecular flexibility index (Phi) is 7.19. The van der Waals surface area contributed by atoms with Crippen molar-refractivity contribution in [1.82, 2.24) is 10.8 Å². The minimum absolute atomic E-state index is 0.128. The lowest BCUT2D eigenvalue weighted by Crippen LogP contribution is -2.42. The van der Waals surface area contributed by atoms with Crippen LogP contribution in [0.5, 0.6) is 5.75 Å². The molecule has 28 heavy (non-hydrogen) atoms. The topological polar surface area (TPSA) is 68.8 Å². The highest BCUT2D eigenvalue weighted by atomic mass is 16.6. The summed E-state index contributed by atoms with van der Waals surface area (Å²) in [6, 6.07) is 15.0. The molecule has 1 heterocycles. The fourth-order valence-corrected chi connectivity index (χ4v) is 3.16. The molecule has 6 heteroatoms. The van der Waals surface area contributed by atoms with Crippen molar-refractivity contribution in [3.63, 3.8) is 0 Å². The molecule has 2 atom stereocenters. The Balaban J connectivity index is 1.76. The largest absolute Gasteiger partial charge is 0.490 e. The number of carbonyl (C=O) groups is 1. The molecule has 148 valence electrons. The van der Waals surface area contributed by atoms with Gasteiger partial charge in [-0.1, -0.05) is 49.1 Å². The highest BCUT2D eigenvalue weighted by Gasteiger charge is 2.32. The summed E-state index contributed by atoms with van der Waals surface area (Å²) in [4.78, 5) is 18.1. The number of nitrogens with one attached hydrogen (secondary N) is 2. The first kappa shape index (κ1) is 20.1. The van der Waals surface area contributed by atoms with Gasteiger partial charge in [-0.15, -0.1) is 0 Å². The van der Waals surface area contributed by atoms with Crippen molar-refractivity contribution in [1.29, 1.82) is 0 Å². The summed E-state index contributed by atoms with van der Waals surface area (Å²) in [6.07, 6.45) is 1.70. The third-order valence-corrected chi connectivity index (χ3v) is 4.47. The summed E-state index contributed by atoms with van der Waals surface area (Å²) in [6.45, 7) is 7.20. The number of hydroxylamine groups is 1. The molecule has 2 aromatic rings. The third-order valence-electron chi connectivity index (χ3n) is 4.47. The zero-order chi connectivity index (χ0) is 19.8. The van der Waals surface area contributed by atoms with Crippen LogP contribution in [0.4, 0.5) is 0 Å². The predicted molar refractivity (Wildman–Crippen MR) is 107 cm³/mol. The van der Waals surface area contributed by atoms with Crippen LogP contribution in [0.2, 0.25) is 0 Å². The van der Waals surface area contributed by atoms with Gasteiger partial charge in [0.15, 0.2) is 0 Å². The smallest absolute Gasteiger partial charge is 0.327 e. The SMILES string of the molecule is C=CCOc1ccc2c(c1)C(NOCc1ccccc1)CN[C@@H]2C(=O)OCC. The van der Waals surface area contributed by atoms with E-state index in [4.69, 9.17) is 14.3 Å². The van der Waals surface area contributed by atoms with Crippen molar-refractivity contribution in [2.75, 3.05) is 19.8 Å². The second kappa shape index (κ2) is 10.0. The number of benzene rings is 2. The molecule has 3 rings (SSSR count). The van der Waals surface area contributed by atoms with Gasteiger partial charge in [0.2, 0.25) is 0 Å². The molecule has 0 spiro atoms. The van der Waals surface area contributed by atoms with E-state index < -0.39 is 6.04 Å². The van der Waals surface area contributed by atoms with Gasteiger partial charge in [0.05, 0.1) is 19.3 Å². The number of ether oxygens (including phenoxy) is 2. The molecule has 0 aliphatic carbocycles. The molecular weight excluding hydrogens is 356 g/mol. The zero-order valence-corrected chi connectivity index (χ0v) is 16.0. The van der Waals surface area contributed by atoms with Crippen LogP contribution < -0.4 is 15.5 Å². The van der Waals surface area contributed by atoms with Crippen molar-refractivity contribution in [3.05, 3.63) is 77.9 Å². The van der Waals surface area contributed by atoms with Gasteiger partial charge in [-0.3, -0.25) is 10.2 Å². The standard InChI is InChI=1S/C22H26N2O4/c1-3-12-27-17-10-11-18-19(13-17)20(14-23-21(18)22(25)26-4-2)24-28-15-16-8-6-5-7-9-16/h3,5-11,13,20-21,23-24H,1,4,12,14-15H2,2H3/t20?,21-/m0/s1. The quantitative estimate of drug-likeness (QED) is 0.394. The minimum atomic E-state index is -0.504. The van der Waals surface area contributed by atoms with Gasteiger partial charge in [0, 0.05) is 6.54 Å². The van der Waals surface area contributed by atoms with Crippen molar-refractivity contribution in [3.8, 4) is 5.75 Å². The fraction of sp³-hybridized carbons (Fsp3) is 0.318. The molecule has 2 aromatic carbocycles. The minimum Gasteiger partial charge on any atom is -0.490 e. The Bertz CT molecular complexity index is 794. The number of hydrogen-bond donors (Lipinski definition) is 2. The van der Waals surface area contributed by atoms with Crippen LogP contribution in [0.15, 0.2) is 61.2 Å². The Morgan fingerprint density at radius 3 is 2.82 bits per heavy atom. The Hall–Kier alpha value is -2.67. The van der Waals surface area contributed by atoms with Crippen molar-refractivity contribution < 1.29 is 19.1 Å². The molecule has 1 unspecified atom stereocenters. The first-order chi connectivity index (χ1) is 13.7. The summed E-state index contributed by atoms with van der Waals surface area (Å²) in [5.74, 6) is 0.435. The number of carbonyl (C=O) groups excluding carboxylic acids is 1. The molecule has 0 saturated carbocycles. The number of fused-ring (bicyclic) bond motifs is 1. The van der Waals surface area contributed by atoms with Gasteiger partial charge in [0.25, 0.3) is 0 Å². The van der Waals surface area contributed by atoms with Gasteiger partial charge >= 0.3 is 5.97 Å². The molecule has 1 aliphatic heterocycles. The van der Waals surface area contributed by atoms with Gasteiger partial charge in [-0.05, 0) is 35.7 Å². The maximum atomic E-state index is 12.3. The second-order valence-corrected chi connectivity index (χ2v) is 6.43. The van der Waals surface area contributed by atoms with Crippen LogP contribution in [-0.2, 0) is 21.0 Å². The summed E-state index contributed by atoms with van der Waals surface area (Å²) < 4.78 is 10.9. The van der Waals surface area contributed by atoms with Gasteiger partial charge in [-0.25, -0.2) is 4.79 Å². The highest BCUT2D eigenvalue weighted by Crippen LogP contribution is 2.32. The fourth-order valence-electron chi connectivity index (χ4n) is 3.16. The number of hydrogen-bond acceptors (Lipinski definition) is 6. The molecular formula is C22H26N2O4. The predicted octanol–water partition coefficient (Wildman–Crippen LogP) is 3.22. The van der Waals surface area contributed by atoms with Gasteiger partial charge < -0.3 is 9.47 Å². The van der Waals surface area contributed by atoms with E-state index in [1.54, 1.807) is 13.0 Å². The maximum absolute atomic E-state index is 12.3. The van der Waals surface area contributed by atoms with E-state index in [9.17, 15) is 4.79 Å². The van der Waals surface area contributed by atoms with Crippen LogP contribution in [0, 0.1) is 0 Å². The highest BCUT2D eigenvalue weighted by molar-refractivity contribution is 5.79. The van der Waals surface area contributed by atoms with Gasteiger partial charge in [-0.2, -0.15) is 5.48 Å². The normalized spacial score (nSPS) is 18.2. The van der Waals surface area contributed by atoms with Crippen LogP contribution >= 0.6 is 0 Å². The molecule has 1 aliphatic rings. The number of rotatable bonds is 9. The van der Waals surface area contributed by atoms with Crippen molar-refractivity contribution >= 4 is 5.97 Å². The van der Waals surface area contributed by atoms with E-state index in [-0.39, 0.29) is 12.0 Å². The van der Waals surface area contributed by atoms with E-state index >= 15 is 0 Å². The Morgan fingerprint density at radius 2 is 2.07 bits per heavy atom. The number of esters is 1. The van der Waals surface area contributed by atoms with E-state index in [1.165, 1.54) is 0 Å². The molecule has 0 saturated heterocycles. The summed E-state index contributed by atoms with van der Waals surface area (Å²) in [5.41, 5.74) is 5.99. The molecule has 0 radical (unpaired) electrons. The average molecular weight is 382 g/mol. The zero-order valence-electron chi connectivity index (χ0n) is 16.0. The van der Waals surface area contributed by atoms with Crippen LogP contribution in [0.25, 0.3) is 0 Å². The molecule has 0 amide bonds. The summed E-state index contributed by atoms with van der Waals surface area (Å²) >= 11 is 0. The molecule has 2 N–H and O–H groups in total. The maximum Gasteiger partial charge on any atom is 0.327 e. The van der Waals surface area contributed by atoms with Crippen LogP contribution in [0.1, 0.15) is 35.7 Å². The monoisotopic (exact) mass is 382 g/mol. The molecule has 0 fully saturated rings. The van der Waals surface area contributed by atoms with Crippen LogP contribution in [-0.4, -0.2) is 25.7 Å². The second-order valence-electron chi connectivity index (χ2n) is 6.43. The van der Waals surface area contributed by atoms with E-state index in [0.29, 0.717) is 26.4 Å². The summed E-state index contributed by atoms with van der Waals surface area (Å²) in [5, 5.41) is 3.25. The third kappa shape index (κ3) is 4.98. The van der Waals surface area contributed by atoms with E-state index in [1.807, 2.05) is 48.5 Å².